The monoisotopic (exact) mass is 247 g/mol. The highest BCUT2D eigenvalue weighted by molar-refractivity contribution is 5.33. The molecule has 0 N–H and O–H groups in total. The van der Waals surface area contributed by atoms with Gasteiger partial charge in [0.2, 0.25) is 5.95 Å². The van der Waals surface area contributed by atoms with Crippen LogP contribution in [-0.4, -0.2) is 48.6 Å². The fourth-order valence-corrected chi connectivity index (χ4v) is 1.60. The standard InChI is InChI=1S/C13H21N5/c1-11(2)10-18(8-7-17(3)4)13-15-6-5-12(9-14)16-13/h5-6,11H,7-8,10H2,1-4H3. The molecule has 5 nitrogen and oxygen atoms in total. The molecule has 0 unspecified atom stereocenters. The van der Waals surface area contributed by atoms with E-state index in [1.807, 2.05) is 14.1 Å². The van der Waals surface area contributed by atoms with Crippen molar-refractivity contribution in [2.45, 2.75) is 13.8 Å². The van der Waals surface area contributed by atoms with Crippen molar-refractivity contribution in [1.29, 1.82) is 5.26 Å². The van der Waals surface area contributed by atoms with E-state index in [9.17, 15) is 0 Å². The highest BCUT2D eigenvalue weighted by Gasteiger charge is 2.12. The van der Waals surface area contributed by atoms with Crippen molar-refractivity contribution in [3.05, 3.63) is 18.0 Å². The predicted molar refractivity (Wildman–Crippen MR) is 72.4 cm³/mol. The summed E-state index contributed by atoms with van der Waals surface area (Å²) in [7, 11) is 4.08. The number of anilines is 1. The quantitative estimate of drug-likeness (QED) is 0.760. The van der Waals surface area contributed by atoms with E-state index in [4.69, 9.17) is 5.26 Å². The minimum absolute atomic E-state index is 0.415. The summed E-state index contributed by atoms with van der Waals surface area (Å²) >= 11 is 0. The Bertz CT molecular complexity index is 408. The molecule has 1 rings (SSSR count). The van der Waals surface area contributed by atoms with E-state index in [0.717, 1.165) is 19.6 Å². The maximum absolute atomic E-state index is 8.88. The third-order valence-electron chi connectivity index (χ3n) is 2.44. The Kier molecular flexibility index (Phi) is 5.53. The Balaban J connectivity index is 2.83. The van der Waals surface area contributed by atoms with E-state index in [-0.39, 0.29) is 0 Å². The van der Waals surface area contributed by atoms with Crippen molar-refractivity contribution in [3.63, 3.8) is 0 Å². The molecule has 1 aromatic rings. The molecule has 0 atom stereocenters. The molecule has 0 bridgehead atoms. The van der Waals surface area contributed by atoms with Gasteiger partial charge in [-0.05, 0) is 26.1 Å². The Morgan fingerprint density at radius 1 is 1.33 bits per heavy atom. The number of likely N-dealkylation sites (N-methyl/N-ethyl adjacent to an activating group) is 1. The van der Waals surface area contributed by atoms with Crippen molar-refractivity contribution in [1.82, 2.24) is 14.9 Å². The van der Waals surface area contributed by atoms with Crippen molar-refractivity contribution in [2.75, 3.05) is 38.6 Å². The fraction of sp³-hybridized carbons (Fsp3) is 0.615. The van der Waals surface area contributed by atoms with Crippen LogP contribution in [0.4, 0.5) is 5.95 Å². The lowest BCUT2D eigenvalue weighted by atomic mass is 10.2. The maximum Gasteiger partial charge on any atom is 0.226 e. The maximum atomic E-state index is 8.88. The number of nitrogens with zero attached hydrogens (tertiary/aromatic N) is 5. The van der Waals surface area contributed by atoms with Crippen molar-refractivity contribution >= 4 is 5.95 Å². The first-order chi connectivity index (χ1) is 8.52. The molecule has 1 aromatic heterocycles. The Hall–Kier alpha value is -1.67. The second-order valence-corrected chi connectivity index (χ2v) is 5.00. The third kappa shape index (κ3) is 4.68. The first-order valence-corrected chi connectivity index (χ1v) is 6.15. The van der Waals surface area contributed by atoms with Gasteiger partial charge in [-0.1, -0.05) is 13.8 Å². The van der Waals surface area contributed by atoms with Gasteiger partial charge >= 0.3 is 0 Å². The summed E-state index contributed by atoms with van der Waals surface area (Å²) in [6, 6.07) is 3.68. The van der Waals surface area contributed by atoms with Crippen LogP contribution < -0.4 is 4.90 Å². The summed E-state index contributed by atoms with van der Waals surface area (Å²) in [5.41, 5.74) is 0.415. The summed E-state index contributed by atoms with van der Waals surface area (Å²) in [6.07, 6.45) is 1.64. The molecule has 0 radical (unpaired) electrons. The Labute approximate surface area is 109 Å². The van der Waals surface area contributed by atoms with Crippen molar-refractivity contribution in [3.8, 4) is 6.07 Å². The summed E-state index contributed by atoms with van der Waals surface area (Å²) < 4.78 is 0. The van der Waals surface area contributed by atoms with Gasteiger partial charge in [0, 0.05) is 25.8 Å². The molecule has 0 aliphatic rings. The molecule has 5 heteroatoms. The minimum Gasteiger partial charge on any atom is -0.339 e. The second kappa shape index (κ2) is 6.92. The van der Waals surface area contributed by atoms with E-state index in [2.05, 4.69) is 39.7 Å². The van der Waals surface area contributed by atoms with Gasteiger partial charge in [-0.15, -0.1) is 0 Å². The van der Waals surface area contributed by atoms with Crippen LogP contribution >= 0.6 is 0 Å². The van der Waals surface area contributed by atoms with E-state index >= 15 is 0 Å². The van der Waals surface area contributed by atoms with Crippen LogP contribution in [-0.2, 0) is 0 Å². The molecule has 0 amide bonds. The molecule has 0 saturated carbocycles. The lowest BCUT2D eigenvalue weighted by Gasteiger charge is -2.25. The van der Waals surface area contributed by atoms with E-state index in [1.165, 1.54) is 0 Å². The molecule has 98 valence electrons. The second-order valence-electron chi connectivity index (χ2n) is 5.00. The zero-order chi connectivity index (χ0) is 13.5. The zero-order valence-electron chi connectivity index (χ0n) is 11.6. The van der Waals surface area contributed by atoms with Gasteiger partial charge in [-0.3, -0.25) is 0 Å². The first kappa shape index (κ1) is 14.4. The largest absolute Gasteiger partial charge is 0.339 e. The summed E-state index contributed by atoms with van der Waals surface area (Å²) in [5.74, 6) is 1.17. The molecule has 0 aliphatic heterocycles. The number of hydrogen-bond acceptors (Lipinski definition) is 5. The van der Waals surface area contributed by atoms with Crippen LogP contribution in [0.3, 0.4) is 0 Å². The average Bonchev–Trinajstić information content (AvgIpc) is 2.34. The minimum atomic E-state index is 0.415. The number of hydrogen-bond donors (Lipinski definition) is 0. The first-order valence-electron chi connectivity index (χ1n) is 6.15. The molecule has 0 spiro atoms. The number of aromatic nitrogens is 2. The molecule has 0 fully saturated rings. The summed E-state index contributed by atoms with van der Waals surface area (Å²) in [5, 5.41) is 8.88. The SMILES string of the molecule is CC(C)CN(CCN(C)C)c1nccc(C#N)n1. The molecule has 1 heterocycles. The molecule has 0 saturated heterocycles. The Morgan fingerprint density at radius 2 is 2.06 bits per heavy atom. The zero-order valence-corrected chi connectivity index (χ0v) is 11.6. The average molecular weight is 247 g/mol. The van der Waals surface area contributed by atoms with Gasteiger partial charge in [-0.25, -0.2) is 9.97 Å². The topological polar surface area (TPSA) is 56.0 Å². The van der Waals surface area contributed by atoms with Gasteiger partial charge in [0.05, 0.1) is 0 Å². The van der Waals surface area contributed by atoms with E-state index in [1.54, 1.807) is 12.3 Å². The van der Waals surface area contributed by atoms with E-state index < -0.39 is 0 Å². The van der Waals surface area contributed by atoms with Crippen LogP contribution in [0, 0.1) is 17.2 Å². The number of nitriles is 1. The van der Waals surface area contributed by atoms with Crippen molar-refractivity contribution in [2.24, 2.45) is 5.92 Å². The predicted octanol–water partition coefficient (Wildman–Crippen LogP) is 1.37. The lowest BCUT2D eigenvalue weighted by Crippen LogP contribution is -2.35. The fourth-order valence-electron chi connectivity index (χ4n) is 1.60. The van der Waals surface area contributed by atoms with Gasteiger partial charge in [0.1, 0.15) is 11.8 Å². The normalized spacial score (nSPS) is 10.7. The molecular formula is C13H21N5. The van der Waals surface area contributed by atoms with Gasteiger partial charge in [-0.2, -0.15) is 5.26 Å². The van der Waals surface area contributed by atoms with Crippen molar-refractivity contribution < 1.29 is 0 Å². The van der Waals surface area contributed by atoms with Gasteiger partial charge < -0.3 is 9.80 Å². The van der Waals surface area contributed by atoms with Crippen LogP contribution in [0.15, 0.2) is 12.3 Å². The summed E-state index contributed by atoms with van der Waals surface area (Å²) in [4.78, 5) is 12.8. The van der Waals surface area contributed by atoms with Crippen LogP contribution in [0.25, 0.3) is 0 Å². The van der Waals surface area contributed by atoms with Crippen LogP contribution in [0.1, 0.15) is 19.5 Å². The summed E-state index contributed by atoms with van der Waals surface area (Å²) in [6.45, 7) is 7.02. The lowest BCUT2D eigenvalue weighted by molar-refractivity contribution is 0.407. The van der Waals surface area contributed by atoms with E-state index in [0.29, 0.717) is 17.6 Å². The Morgan fingerprint density at radius 3 is 2.61 bits per heavy atom. The smallest absolute Gasteiger partial charge is 0.226 e. The number of rotatable bonds is 6. The van der Waals surface area contributed by atoms with Gasteiger partial charge in [0.25, 0.3) is 0 Å². The van der Waals surface area contributed by atoms with Gasteiger partial charge in [0.15, 0.2) is 0 Å². The van der Waals surface area contributed by atoms with Crippen LogP contribution in [0.5, 0.6) is 0 Å². The third-order valence-corrected chi connectivity index (χ3v) is 2.44. The molecular weight excluding hydrogens is 226 g/mol. The molecule has 0 aliphatic carbocycles. The molecule has 18 heavy (non-hydrogen) atoms. The molecule has 0 aromatic carbocycles. The highest BCUT2D eigenvalue weighted by atomic mass is 15.3. The van der Waals surface area contributed by atoms with Crippen LogP contribution in [0.2, 0.25) is 0 Å². The highest BCUT2D eigenvalue weighted by Crippen LogP contribution is 2.10.